The second-order valence-electron chi connectivity index (χ2n) is 6.13. The second kappa shape index (κ2) is 9.15. The van der Waals surface area contributed by atoms with Gasteiger partial charge in [-0.2, -0.15) is 10.4 Å². The van der Waals surface area contributed by atoms with Gasteiger partial charge in [-0.25, -0.2) is 5.43 Å². The van der Waals surface area contributed by atoms with E-state index in [1.807, 2.05) is 42.5 Å². The fourth-order valence-corrected chi connectivity index (χ4v) is 2.49. The Morgan fingerprint density at radius 1 is 0.964 bits per heavy atom. The Morgan fingerprint density at radius 3 is 2.25 bits per heavy atom. The van der Waals surface area contributed by atoms with Crippen LogP contribution in [0.1, 0.15) is 34.0 Å². The van der Waals surface area contributed by atoms with E-state index in [2.05, 4.69) is 16.6 Å². The van der Waals surface area contributed by atoms with Gasteiger partial charge >= 0.3 is 0 Å². The van der Waals surface area contributed by atoms with Gasteiger partial charge in [-0.3, -0.25) is 4.79 Å². The molecule has 0 atom stereocenters. The SMILES string of the molecule is C/C(=N\NC(=O)c1ccc(COc2ccccc2)cc1)c1ccc(C#N)cc1. The zero-order chi connectivity index (χ0) is 19.8. The summed E-state index contributed by atoms with van der Waals surface area (Å²) in [4.78, 5) is 12.3. The maximum Gasteiger partial charge on any atom is 0.271 e. The molecule has 0 fully saturated rings. The standard InChI is InChI=1S/C23H19N3O2/c1-17(20-11-7-18(15-24)8-12-20)25-26-23(27)21-13-9-19(10-14-21)16-28-22-5-3-2-4-6-22/h2-14H,16H2,1H3,(H,26,27)/b25-17+. The highest BCUT2D eigenvalue weighted by Crippen LogP contribution is 2.12. The molecule has 0 heterocycles. The number of nitriles is 1. The highest BCUT2D eigenvalue weighted by atomic mass is 16.5. The predicted octanol–water partition coefficient (Wildman–Crippen LogP) is 4.29. The fraction of sp³-hybridized carbons (Fsp3) is 0.0870. The summed E-state index contributed by atoms with van der Waals surface area (Å²) in [5, 5.41) is 13.0. The average molecular weight is 369 g/mol. The van der Waals surface area contributed by atoms with Gasteiger partial charge in [0.1, 0.15) is 12.4 Å². The third-order valence-corrected chi connectivity index (χ3v) is 4.12. The van der Waals surface area contributed by atoms with Crippen LogP contribution in [-0.4, -0.2) is 11.6 Å². The van der Waals surface area contributed by atoms with Gasteiger partial charge in [0.15, 0.2) is 0 Å². The molecule has 0 saturated carbocycles. The lowest BCUT2D eigenvalue weighted by molar-refractivity contribution is 0.0955. The molecule has 1 amide bonds. The Morgan fingerprint density at radius 2 is 1.61 bits per heavy atom. The molecule has 5 nitrogen and oxygen atoms in total. The monoisotopic (exact) mass is 369 g/mol. The van der Waals surface area contributed by atoms with Crippen LogP contribution in [0, 0.1) is 11.3 Å². The maximum atomic E-state index is 12.3. The Bertz CT molecular complexity index is 1000. The van der Waals surface area contributed by atoms with E-state index in [1.165, 1.54) is 0 Å². The van der Waals surface area contributed by atoms with Crippen LogP contribution in [0.4, 0.5) is 0 Å². The van der Waals surface area contributed by atoms with Gasteiger partial charge in [-0.05, 0) is 54.4 Å². The number of benzene rings is 3. The number of hydrogen-bond donors (Lipinski definition) is 1. The topological polar surface area (TPSA) is 74.5 Å². The van der Waals surface area contributed by atoms with E-state index in [9.17, 15) is 4.79 Å². The number of rotatable bonds is 6. The van der Waals surface area contributed by atoms with Gasteiger partial charge in [0, 0.05) is 5.56 Å². The first kappa shape index (κ1) is 18.9. The third kappa shape index (κ3) is 5.05. The Labute approximate surface area is 163 Å². The summed E-state index contributed by atoms with van der Waals surface area (Å²) in [6.07, 6.45) is 0. The van der Waals surface area contributed by atoms with Gasteiger partial charge in [0.2, 0.25) is 0 Å². The maximum absolute atomic E-state index is 12.3. The van der Waals surface area contributed by atoms with Crippen molar-refractivity contribution in [2.45, 2.75) is 13.5 Å². The summed E-state index contributed by atoms with van der Waals surface area (Å²) in [7, 11) is 0. The van der Waals surface area contributed by atoms with Crippen molar-refractivity contribution in [1.82, 2.24) is 5.43 Å². The van der Waals surface area contributed by atoms with Gasteiger partial charge in [-0.15, -0.1) is 0 Å². The van der Waals surface area contributed by atoms with Gasteiger partial charge in [0.05, 0.1) is 17.3 Å². The quantitative estimate of drug-likeness (QED) is 0.520. The van der Waals surface area contributed by atoms with Crippen LogP contribution in [0.2, 0.25) is 0 Å². The Kier molecular flexibility index (Phi) is 6.17. The van der Waals surface area contributed by atoms with Crippen LogP contribution >= 0.6 is 0 Å². The van der Waals surface area contributed by atoms with Crippen LogP contribution < -0.4 is 10.2 Å². The molecule has 0 spiro atoms. The lowest BCUT2D eigenvalue weighted by Gasteiger charge is -2.07. The van der Waals surface area contributed by atoms with E-state index in [1.54, 1.807) is 43.3 Å². The zero-order valence-corrected chi connectivity index (χ0v) is 15.4. The molecule has 0 unspecified atom stereocenters. The van der Waals surface area contributed by atoms with Crippen LogP contribution in [-0.2, 0) is 6.61 Å². The number of nitrogens with one attached hydrogen (secondary N) is 1. The first-order valence-corrected chi connectivity index (χ1v) is 8.77. The average Bonchev–Trinajstić information content (AvgIpc) is 2.77. The molecule has 0 aromatic heterocycles. The molecule has 0 aliphatic rings. The number of hydrogen-bond acceptors (Lipinski definition) is 4. The van der Waals surface area contributed by atoms with Gasteiger partial charge in [0.25, 0.3) is 5.91 Å². The zero-order valence-electron chi connectivity index (χ0n) is 15.4. The van der Waals surface area contributed by atoms with E-state index in [0.29, 0.717) is 23.4 Å². The van der Waals surface area contributed by atoms with Crippen molar-refractivity contribution in [3.8, 4) is 11.8 Å². The molecule has 0 aliphatic heterocycles. The highest BCUT2D eigenvalue weighted by molar-refractivity contribution is 6.00. The van der Waals surface area contributed by atoms with E-state index in [0.717, 1.165) is 16.9 Å². The number of para-hydroxylation sites is 1. The number of hydrazone groups is 1. The molecule has 3 aromatic rings. The Balaban J connectivity index is 1.57. The highest BCUT2D eigenvalue weighted by Gasteiger charge is 2.06. The summed E-state index contributed by atoms with van der Waals surface area (Å²) in [5.41, 5.74) is 6.12. The minimum Gasteiger partial charge on any atom is -0.489 e. The molecular formula is C23H19N3O2. The van der Waals surface area contributed by atoms with Crippen LogP contribution in [0.15, 0.2) is 84.0 Å². The summed E-state index contributed by atoms with van der Waals surface area (Å²) in [5.74, 6) is 0.514. The summed E-state index contributed by atoms with van der Waals surface area (Å²) in [6.45, 7) is 2.23. The molecule has 28 heavy (non-hydrogen) atoms. The normalized spacial score (nSPS) is 10.8. The molecule has 138 valence electrons. The number of ether oxygens (including phenoxy) is 1. The lowest BCUT2D eigenvalue weighted by atomic mass is 10.1. The van der Waals surface area contributed by atoms with Crippen molar-refractivity contribution in [2.24, 2.45) is 5.10 Å². The van der Waals surface area contributed by atoms with Crippen LogP contribution in [0.25, 0.3) is 0 Å². The summed E-state index contributed by atoms with van der Waals surface area (Å²) >= 11 is 0. The largest absolute Gasteiger partial charge is 0.489 e. The smallest absolute Gasteiger partial charge is 0.271 e. The van der Waals surface area contributed by atoms with E-state index in [-0.39, 0.29) is 5.91 Å². The van der Waals surface area contributed by atoms with Crippen molar-refractivity contribution in [3.63, 3.8) is 0 Å². The van der Waals surface area contributed by atoms with Crippen molar-refractivity contribution in [2.75, 3.05) is 0 Å². The molecule has 0 bridgehead atoms. The summed E-state index contributed by atoms with van der Waals surface area (Å²) < 4.78 is 5.69. The van der Waals surface area contributed by atoms with E-state index in [4.69, 9.17) is 10.00 Å². The summed E-state index contributed by atoms with van der Waals surface area (Å²) in [6, 6.07) is 25.9. The van der Waals surface area contributed by atoms with Crippen molar-refractivity contribution >= 4 is 11.6 Å². The second-order valence-corrected chi connectivity index (χ2v) is 6.13. The van der Waals surface area contributed by atoms with Crippen LogP contribution in [0.5, 0.6) is 5.75 Å². The predicted molar refractivity (Wildman–Crippen MR) is 108 cm³/mol. The van der Waals surface area contributed by atoms with Crippen molar-refractivity contribution in [1.29, 1.82) is 5.26 Å². The minimum atomic E-state index is -0.288. The molecule has 5 heteroatoms. The molecule has 0 saturated heterocycles. The number of carbonyl (C=O) groups is 1. The molecular weight excluding hydrogens is 350 g/mol. The fourth-order valence-electron chi connectivity index (χ4n) is 2.49. The van der Waals surface area contributed by atoms with Crippen LogP contribution in [0.3, 0.4) is 0 Å². The number of amides is 1. The molecule has 0 aliphatic carbocycles. The van der Waals surface area contributed by atoms with E-state index >= 15 is 0 Å². The Hall–Kier alpha value is -3.91. The molecule has 0 radical (unpaired) electrons. The first-order chi connectivity index (χ1) is 13.7. The third-order valence-electron chi connectivity index (χ3n) is 4.12. The van der Waals surface area contributed by atoms with E-state index < -0.39 is 0 Å². The number of carbonyl (C=O) groups excluding carboxylic acids is 1. The molecule has 1 N–H and O–H groups in total. The van der Waals surface area contributed by atoms with Gasteiger partial charge in [-0.1, -0.05) is 42.5 Å². The molecule has 3 aromatic carbocycles. The minimum absolute atomic E-state index is 0.288. The number of nitrogens with zero attached hydrogens (tertiary/aromatic N) is 2. The lowest BCUT2D eigenvalue weighted by Crippen LogP contribution is -2.19. The van der Waals surface area contributed by atoms with Gasteiger partial charge < -0.3 is 4.74 Å². The molecule has 3 rings (SSSR count). The van der Waals surface area contributed by atoms with Crippen molar-refractivity contribution < 1.29 is 9.53 Å². The van der Waals surface area contributed by atoms with Crippen molar-refractivity contribution in [3.05, 3.63) is 101 Å². The first-order valence-electron chi connectivity index (χ1n) is 8.77.